The zero-order chi connectivity index (χ0) is 16.2. The third-order valence-corrected chi connectivity index (χ3v) is 5.40. The van der Waals surface area contributed by atoms with Gasteiger partial charge in [-0.15, -0.1) is 11.3 Å². The molecule has 1 atom stereocenters. The summed E-state index contributed by atoms with van der Waals surface area (Å²) in [5, 5.41) is 4.95. The topological polar surface area (TPSA) is 46.2 Å². The van der Waals surface area contributed by atoms with Gasteiger partial charge in [-0.05, 0) is 54.8 Å². The summed E-state index contributed by atoms with van der Waals surface area (Å²) in [6.07, 6.45) is 3.87. The Labute approximate surface area is 140 Å². The number of thiophene rings is 1. The number of Topliss-reactive ketones (excluding diaryl/α,β-unsaturated/α-hetero) is 1. The van der Waals surface area contributed by atoms with E-state index in [1.807, 2.05) is 36.6 Å². The fourth-order valence-electron chi connectivity index (χ4n) is 3.04. The van der Waals surface area contributed by atoms with E-state index in [1.165, 1.54) is 17.5 Å². The highest BCUT2D eigenvalue weighted by atomic mass is 32.1. The minimum absolute atomic E-state index is 0.00223. The Bertz CT molecular complexity index is 706. The Morgan fingerprint density at radius 2 is 2.00 bits per heavy atom. The second-order valence-corrected chi connectivity index (χ2v) is 7.04. The quantitative estimate of drug-likeness (QED) is 0.813. The number of fused-ring (bicyclic) bond motifs is 1. The molecule has 0 saturated heterocycles. The van der Waals surface area contributed by atoms with Gasteiger partial charge in [-0.1, -0.05) is 18.2 Å². The SMILES string of the molecule is CC(NC(=O)CCC(=O)c1ccc2c(c1)CCC2)c1cccs1. The van der Waals surface area contributed by atoms with E-state index < -0.39 is 0 Å². The number of benzene rings is 1. The smallest absolute Gasteiger partial charge is 0.220 e. The van der Waals surface area contributed by atoms with Crippen LogP contribution in [0.4, 0.5) is 0 Å². The molecule has 120 valence electrons. The molecule has 0 aliphatic heterocycles. The highest BCUT2D eigenvalue weighted by Crippen LogP contribution is 2.23. The number of carbonyl (C=O) groups excluding carboxylic acids is 2. The van der Waals surface area contributed by atoms with E-state index in [4.69, 9.17) is 0 Å². The van der Waals surface area contributed by atoms with Crippen molar-refractivity contribution in [3.63, 3.8) is 0 Å². The van der Waals surface area contributed by atoms with Crippen molar-refractivity contribution in [3.8, 4) is 0 Å². The van der Waals surface area contributed by atoms with E-state index in [1.54, 1.807) is 11.3 Å². The molecule has 1 aliphatic carbocycles. The Balaban J connectivity index is 1.51. The molecule has 1 aliphatic rings. The van der Waals surface area contributed by atoms with Crippen LogP contribution in [0.1, 0.15) is 58.6 Å². The molecule has 0 radical (unpaired) electrons. The molecule has 3 nitrogen and oxygen atoms in total. The number of ketones is 1. The fourth-order valence-corrected chi connectivity index (χ4v) is 3.77. The van der Waals surface area contributed by atoms with Crippen LogP contribution in [0, 0.1) is 0 Å². The summed E-state index contributed by atoms with van der Waals surface area (Å²) in [4.78, 5) is 25.4. The van der Waals surface area contributed by atoms with E-state index in [-0.39, 0.29) is 30.6 Å². The van der Waals surface area contributed by atoms with Crippen LogP contribution in [-0.4, -0.2) is 11.7 Å². The molecule has 1 heterocycles. The lowest BCUT2D eigenvalue weighted by Gasteiger charge is -2.12. The monoisotopic (exact) mass is 327 g/mol. The molecule has 1 aromatic carbocycles. The third-order valence-electron chi connectivity index (χ3n) is 4.35. The summed E-state index contributed by atoms with van der Waals surface area (Å²) in [6, 6.07) is 9.95. The van der Waals surface area contributed by atoms with Gasteiger partial charge in [-0.25, -0.2) is 0 Å². The Kier molecular flexibility index (Phi) is 4.91. The van der Waals surface area contributed by atoms with Gasteiger partial charge in [0.25, 0.3) is 0 Å². The maximum absolute atomic E-state index is 12.3. The predicted octanol–water partition coefficient (Wildman–Crippen LogP) is 4.08. The van der Waals surface area contributed by atoms with Crippen molar-refractivity contribution in [3.05, 3.63) is 57.3 Å². The molecule has 1 N–H and O–H groups in total. The zero-order valence-corrected chi connectivity index (χ0v) is 14.1. The molecule has 0 fully saturated rings. The van der Waals surface area contributed by atoms with Gasteiger partial charge in [-0.2, -0.15) is 0 Å². The summed E-state index contributed by atoms with van der Waals surface area (Å²) in [5.41, 5.74) is 3.40. The molecule has 23 heavy (non-hydrogen) atoms. The first-order valence-electron chi connectivity index (χ1n) is 8.11. The van der Waals surface area contributed by atoms with Crippen molar-refractivity contribution in [2.45, 2.75) is 45.1 Å². The second-order valence-electron chi connectivity index (χ2n) is 6.06. The molecule has 0 bridgehead atoms. The van der Waals surface area contributed by atoms with Gasteiger partial charge in [0.05, 0.1) is 6.04 Å². The van der Waals surface area contributed by atoms with Crippen LogP contribution >= 0.6 is 11.3 Å². The molecule has 0 saturated carbocycles. The summed E-state index contributed by atoms with van der Waals surface area (Å²) in [6.45, 7) is 1.96. The van der Waals surface area contributed by atoms with E-state index in [0.717, 1.165) is 23.3 Å². The highest BCUT2D eigenvalue weighted by Gasteiger charge is 2.16. The van der Waals surface area contributed by atoms with E-state index in [9.17, 15) is 9.59 Å². The van der Waals surface area contributed by atoms with E-state index in [0.29, 0.717) is 0 Å². The molecular weight excluding hydrogens is 306 g/mol. The first-order valence-corrected chi connectivity index (χ1v) is 8.99. The predicted molar refractivity (Wildman–Crippen MR) is 92.9 cm³/mol. The Morgan fingerprint density at radius 3 is 2.78 bits per heavy atom. The lowest BCUT2D eigenvalue weighted by Crippen LogP contribution is -2.26. The van der Waals surface area contributed by atoms with Gasteiger partial charge < -0.3 is 5.32 Å². The van der Waals surface area contributed by atoms with Crippen LogP contribution in [0.5, 0.6) is 0 Å². The van der Waals surface area contributed by atoms with Gasteiger partial charge in [0.2, 0.25) is 5.91 Å². The van der Waals surface area contributed by atoms with Crippen molar-refractivity contribution in [2.75, 3.05) is 0 Å². The molecule has 1 unspecified atom stereocenters. The lowest BCUT2D eigenvalue weighted by atomic mass is 10.0. The molecular formula is C19H21NO2S. The summed E-state index contributed by atoms with van der Waals surface area (Å²) >= 11 is 1.62. The highest BCUT2D eigenvalue weighted by molar-refractivity contribution is 7.10. The van der Waals surface area contributed by atoms with Crippen LogP contribution in [0.2, 0.25) is 0 Å². The maximum atomic E-state index is 12.3. The average Bonchev–Trinajstić information content (AvgIpc) is 3.22. The van der Waals surface area contributed by atoms with Gasteiger partial charge in [0.1, 0.15) is 0 Å². The minimum atomic E-state index is -0.0691. The summed E-state index contributed by atoms with van der Waals surface area (Å²) < 4.78 is 0. The first kappa shape index (κ1) is 15.9. The Hall–Kier alpha value is -1.94. The van der Waals surface area contributed by atoms with Crippen LogP contribution < -0.4 is 5.32 Å². The second kappa shape index (κ2) is 7.09. The molecule has 1 amide bonds. The summed E-state index contributed by atoms with van der Waals surface area (Å²) in [5.74, 6) is -0.0148. The van der Waals surface area contributed by atoms with Crippen molar-refractivity contribution in [2.24, 2.45) is 0 Å². The standard InChI is InChI=1S/C19H21NO2S/c1-13(18-6-3-11-23-18)20-19(22)10-9-17(21)16-8-7-14-4-2-5-15(14)12-16/h3,6-8,11-13H,2,4-5,9-10H2,1H3,(H,20,22). The lowest BCUT2D eigenvalue weighted by molar-refractivity contribution is -0.121. The Morgan fingerprint density at radius 1 is 1.17 bits per heavy atom. The molecule has 4 heteroatoms. The first-order chi connectivity index (χ1) is 11.1. The maximum Gasteiger partial charge on any atom is 0.220 e. The van der Waals surface area contributed by atoms with Gasteiger partial charge in [-0.3, -0.25) is 9.59 Å². The van der Waals surface area contributed by atoms with Crippen molar-refractivity contribution in [1.82, 2.24) is 5.32 Å². The number of hydrogen-bond donors (Lipinski definition) is 1. The largest absolute Gasteiger partial charge is 0.349 e. The van der Waals surface area contributed by atoms with E-state index in [2.05, 4.69) is 11.4 Å². The van der Waals surface area contributed by atoms with Gasteiger partial charge >= 0.3 is 0 Å². The zero-order valence-electron chi connectivity index (χ0n) is 13.3. The number of nitrogens with one attached hydrogen (secondary N) is 1. The van der Waals surface area contributed by atoms with Crippen molar-refractivity contribution < 1.29 is 9.59 Å². The number of aryl methyl sites for hydroxylation is 2. The van der Waals surface area contributed by atoms with Crippen LogP contribution in [-0.2, 0) is 17.6 Å². The van der Waals surface area contributed by atoms with Gasteiger partial charge in [0, 0.05) is 23.3 Å². The summed E-state index contributed by atoms with van der Waals surface area (Å²) in [7, 11) is 0. The minimum Gasteiger partial charge on any atom is -0.349 e. The van der Waals surface area contributed by atoms with Crippen molar-refractivity contribution >= 4 is 23.0 Å². The molecule has 2 aromatic rings. The average molecular weight is 327 g/mol. The number of rotatable bonds is 6. The van der Waals surface area contributed by atoms with E-state index >= 15 is 0 Å². The molecule has 0 spiro atoms. The fraction of sp³-hybridized carbons (Fsp3) is 0.368. The normalized spacial score (nSPS) is 14.3. The van der Waals surface area contributed by atoms with Crippen LogP contribution in [0.15, 0.2) is 35.7 Å². The van der Waals surface area contributed by atoms with Crippen molar-refractivity contribution in [1.29, 1.82) is 0 Å². The van der Waals surface area contributed by atoms with Crippen LogP contribution in [0.25, 0.3) is 0 Å². The number of hydrogen-bond acceptors (Lipinski definition) is 3. The molecule has 1 aromatic heterocycles. The molecule has 3 rings (SSSR count). The third kappa shape index (κ3) is 3.88. The number of amides is 1. The number of carbonyl (C=O) groups is 2. The van der Waals surface area contributed by atoms with Crippen LogP contribution in [0.3, 0.4) is 0 Å². The van der Waals surface area contributed by atoms with Gasteiger partial charge in [0.15, 0.2) is 5.78 Å².